The first-order valence-corrected chi connectivity index (χ1v) is 5.92. The van der Waals surface area contributed by atoms with Gasteiger partial charge in [-0.05, 0) is 12.1 Å². The standard InChI is InChI=1S/C11H7BrF3NO3/c1-18-10(17)7-3-2-6(5-16)9(8(7)4-12)19-11(13,14)15/h2-3H,4H2,1H3. The Labute approximate surface area is 114 Å². The Morgan fingerprint density at radius 3 is 2.53 bits per heavy atom. The lowest BCUT2D eigenvalue weighted by Crippen LogP contribution is -2.20. The second-order valence-electron chi connectivity index (χ2n) is 3.25. The zero-order chi connectivity index (χ0) is 14.6. The van der Waals surface area contributed by atoms with E-state index in [1.807, 2.05) is 0 Å². The van der Waals surface area contributed by atoms with Gasteiger partial charge in [-0.15, -0.1) is 13.2 Å². The van der Waals surface area contributed by atoms with E-state index >= 15 is 0 Å². The van der Waals surface area contributed by atoms with Crippen molar-refractivity contribution < 1.29 is 27.4 Å². The minimum Gasteiger partial charge on any atom is -0.465 e. The van der Waals surface area contributed by atoms with Gasteiger partial charge in [-0.3, -0.25) is 0 Å². The van der Waals surface area contributed by atoms with E-state index in [0.717, 1.165) is 13.2 Å². The van der Waals surface area contributed by atoms with Crippen LogP contribution in [0, 0.1) is 11.3 Å². The molecule has 8 heteroatoms. The number of nitriles is 1. The Balaban J connectivity index is 3.47. The molecule has 0 heterocycles. The van der Waals surface area contributed by atoms with Gasteiger partial charge in [-0.2, -0.15) is 5.26 Å². The van der Waals surface area contributed by atoms with Crippen LogP contribution in [-0.4, -0.2) is 19.4 Å². The van der Waals surface area contributed by atoms with Crippen LogP contribution in [0.5, 0.6) is 5.75 Å². The largest absolute Gasteiger partial charge is 0.573 e. The highest BCUT2D eigenvalue weighted by atomic mass is 79.9. The summed E-state index contributed by atoms with van der Waals surface area (Å²) in [6.45, 7) is 0. The normalized spacial score (nSPS) is 10.7. The highest BCUT2D eigenvalue weighted by Gasteiger charge is 2.34. The van der Waals surface area contributed by atoms with Crippen molar-refractivity contribution in [3.8, 4) is 11.8 Å². The fraction of sp³-hybridized carbons (Fsp3) is 0.273. The molecular weight excluding hydrogens is 331 g/mol. The lowest BCUT2D eigenvalue weighted by molar-refractivity contribution is -0.275. The number of halogens is 4. The van der Waals surface area contributed by atoms with Gasteiger partial charge in [-0.25, -0.2) is 4.79 Å². The third kappa shape index (κ3) is 3.61. The minimum absolute atomic E-state index is 0.0942. The molecule has 0 saturated carbocycles. The zero-order valence-corrected chi connectivity index (χ0v) is 11.1. The molecule has 0 aromatic heterocycles. The van der Waals surface area contributed by atoms with Crippen LogP contribution in [0.1, 0.15) is 21.5 Å². The molecular formula is C11H7BrF3NO3. The Morgan fingerprint density at radius 1 is 1.47 bits per heavy atom. The second-order valence-corrected chi connectivity index (χ2v) is 3.81. The fourth-order valence-corrected chi connectivity index (χ4v) is 1.94. The maximum atomic E-state index is 12.3. The van der Waals surface area contributed by atoms with Crippen LogP contribution in [-0.2, 0) is 10.1 Å². The van der Waals surface area contributed by atoms with Gasteiger partial charge in [0.2, 0.25) is 0 Å². The third-order valence-electron chi connectivity index (χ3n) is 2.14. The predicted octanol–water partition coefficient (Wildman–Crippen LogP) is 3.14. The van der Waals surface area contributed by atoms with Crippen molar-refractivity contribution in [3.63, 3.8) is 0 Å². The topological polar surface area (TPSA) is 59.3 Å². The number of hydrogen-bond donors (Lipinski definition) is 0. The SMILES string of the molecule is COC(=O)c1ccc(C#N)c(OC(F)(F)F)c1CBr. The number of ether oxygens (including phenoxy) is 2. The van der Waals surface area contributed by atoms with Crippen LogP contribution in [0.25, 0.3) is 0 Å². The summed E-state index contributed by atoms with van der Waals surface area (Å²) in [5, 5.41) is 8.69. The minimum atomic E-state index is -4.96. The molecule has 0 radical (unpaired) electrons. The summed E-state index contributed by atoms with van der Waals surface area (Å²) in [7, 11) is 1.10. The molecule has 0 fully saturated rings. The number of esters is 1. The lowest BCUT2D eigenvalue weighted by atomic mass is 10.0. The molecule has 0 bridgehead atoms. The molecule has 0 aliphatic rings. The molecule has 1 aromatic carbocycles. The number of alkyl halides is 4. The van der Waals surface area contributed by atoms with Crippen LogP contribution in [0.4, 0.5) is 13.2 Å². The van der Waals surface area contributed by atoms with Crippen molar-refractivity contribution in [2.24, 2.45) is 0 Å². The van der Waals surface area contributed by atoms with E-state index in [2.05, 4.69) is 25.4 Å². The van der Waals surface area contributed by atoms with E-state index in [9.17, 15) is 18.0 Å². The van der Waals surface area contributed by atoms with Crippen LogP contribution in [0.2, 0.25) is 0 Å². The Kier molecular flexibility index (Phi) is 4.78. The van der Waals surface area contributed by atoms with Crippen molar-refractivity contribution in [3.05, 3.63) is 28.8 Å². The molecule has 0 aliphatic heterocycles. The summed E-state index contributed by atoms with van der Waals surface area (Å²) in [6, 6.07) is 3.86. The summed E-state index contributed by atoms with van der Waals surface area (Å²) in [5.41, 5.74) is -0.514. The average Bonchev–Trinajstić information content (AvgIpc) is 2.35. The van der Waals surface area contributed by atoms with Gasteiger partial charge >= 0.3 is 12.3 Å². The number of carbonyl (C=O) groups is 1. The smallest absolute Gasteiger partial charge is 0.465 e. The van der Waals surface area contributed by atoms with Gasteiger partial charge in [0, 0.05) is 10.9 Å². The molecule has 1 rings (SSSR count). The van der Waals surface area contributed by atoms with Crippen molar-refractivity contribution in [2.45, 2.75) is 11.7 Å². The molecule has 0 N–H and O–H groups in total. The Bertz CT molecular complexity index is 537. The molecule has 0 unspecified atom stereocenters. The van der Waals surface area contributed by atoms with E-state index in [1.165, 1.54) is 6.07 Å². The predicted molar refractivity (Wildman–Crippen MR) is 61.8 cm³/mol. The second kappa shape index (κ2) is 5.93. The molecule has 0 amide bonds. The summed E-state index contributed by atoms with van der Waals surface area (Å²) in [4.78, 5) is 11.4. The van der Waals surface area contributed by atoms with E-state index in [1.54, 1.807) is 6.07 Å². The molecule has 4 nitrogen and oxygen atoms in total. The van der Waals surface area contributed by atoms with Crippen molar-refractivity contribution in [1.29, 1.82) is 5.26 Å². The number of carbonyl (C=O) groups excluding carboxylic acids is 1. The van der Waals surface area contributed by atoms with E-state index in [4.69, 9.17) is 5.26 Å². The van der Waals surface area contributed by atoms with E-state index < -0.39 is 18.1 Å². The van der Waals surface area contributed by atoms with Crippen molar-refractivity contribution >= 4 is 21.9 Å². The lowest BCUT2D eigenvalue weighted by Gasteiger charge is -2.15. The summed E-state index contributed by atoms with van der Waals surface area (Å²) in [6.07, 6.45) is -4.96. The van der Waals surface area contributed by atoms with Crippen molar-refractivity contribution in [2.75, 3.05) is 7.11 Å². The van der Waals surface area contributed by atoms with E-state index in [-0.39, 0.29) is 22.0 Å². The number of nitrogens with zero attached hydrogens (tertiary/aromatic N) is 1. The highest BCUT2D eigenvalue weighted by Crippen LogP contribution is 2.33. The number of rotatable bonds is 3. The van der Waals surface area contributed by atoms with Crippen LogP contribution >= 0.6 is 15.9 Å². The van der Waals surface area contributed by atoms with Gasteiger partial charge in [0.25, 0.3) is 0 Å². The quantitative estimate of drug-likeness (QED) is 0.628. The highest BCUT2D eigenvalue weighted by molar-refractivity contribution is 9.08. The van der Waals surface area contributed by atoms with Gasteiger partial charge in [0.05, 0.1) is 18.2 Å². The molecule has 102 valence electrons. The number of hydrogen-bond acceptors (Lipinski definition) is 4. The average molecular weight is 338 g/mol. The maximum absolute atomic E-state index is 12.3. The maximum Gasteiger partial charge on any atom is 0.573 e. The van der Waals surface area contributed by atoms with Crippen molar-refractivity contribution in [1.82, 2.24) is 0 Å². The Hall–Kier alpha value is -1.75. The summed E-state index contributed by atoms with van der Waals surface area (Å²) >= 11 is 2.96. The number of benzene rings is 1. The molecule has 0 saturated heterocycles. The first-order chi connectivity index (χ1) is 8.84. The Morgan fingerprint density at radius 2 is 2.11 bits per heavy atom. The molecule has 0 aliphatic carbocycles. The first-order valence-electron chi connectivity index (χ1n) is 4.80. The van der Waals surface area contributed by atoms with Crippen LogP contribution < -0.4 is 4.74 Å². The van der Waals surface area contributed by atoms with Gasteiger partial charge in [0.15, 0.2) is 5.75 Å². The molecule has 0 atom stereocenters. The number of methoxy groups -OCH3 is 1. The molecule has 1 aromatic rings. The first kappa shape index (κ1) is 15.3. The summed E-state index contributed by atoms with van der Waals surface area (Å²) < 4.78 is 45.3. The fourth-order valence-electron chi connectivity index (χ4n) is 1.38. The zero-order valence-electron chi connectivity index (χ0n) is 9.55. The summed E-state index contributed by atoms with van der Waals surface area (Å²) in [5.74, 6) is -1.51. The molecule has 0 spiro atoms. The third-order valence-corrected chi connectivity index (χ3v) is 2.70. The van der Waals surface area contributed by atoms with Crippen LogP contribution in [0.15, 0.2) is 12.1 Å². The molecule has 19 heavy (non-hydrogen) atoms. The monoisotopic (exact) mass is 337 g/mol. The van der Waals surface area contributed by atoms with E-state index in [0.29, 0.717) is 0 Å². The van der Waals surface area contributed by atoms with Gasteiger partial charge < -0.3 is 9.47 Å². The van der Waals surface area contributed by atoms with Crippen LogP contribution in [0.3, 0.4) is 0 Å². The van der Waals surface area contributed by atoms with Gasteiger partial charge in [0.1, 0.15) is 6.07 Å². The van der Waals surface area contributed by atoms with Gasteiger partial charge in [-0.1, -0.05) is 15.9 Å².